The first-order valence-electron chi connectivity index (χ1n) is 30.9. The zero-order chi connectivity index (χ0) is 70.4. The SMILES string of the molecule is CC[C@H](C)[C@H](NC(=O)[C@@H](CCCN=C(N)N)NC(=O)[C@H](CC(C)C)NC(=O)[C@@H](NC(=O)[C@@H](NC(=O)OCc1ccccc1)[C@H](NC(=O)OC(C)(C)C)c1ccccc1)[C@H](O)C(C)C)C(=O)N[C@H](C(=O)NCC(=O)N[C@@H](Cc1ccccc1)C(=O)N[C@@H](CO)C(=O)O)[C@H](C)O. The molecule has 0 spiro atoms. The number of amides is 10. The highest BCUT2D eigenvalue weighted by Crippen LogP contribution is 2.21. The number of aliphatic hydroxyl groups is 3. The van der Waals surface area contributed by atoms with Gasteiger partial charge in [-0.1, -0.05) is 139 Å². The van der Waals surface area contributed by atoms with Crippen LogP contribution < -0.4 is 64.6 Å². The van der Waals surface area contributed by atoms with Crippen molar-refractivity contribution < 1.29 is 82.6 Å². The van der Waals surface area contributed by atoms with Crippen molar-refractivity contribution in [3.05, 3.63) is 108 Å². The van der Waals surface area contributed by atoms with Crippen molar-refractivity contribution in [2.75, 3.05) is 19.7 Å². The van der Waals surface area contributed by atoms with E-state index >= 15 is 0 Å². The van der Waals surface area contributed by atoms with E-state index in [-0.39, 0.29) is 57.1 Å². The molecule has 0 unspecified atom stereocenters. The fraction of sp³-hybridized carbons (Fsp3) is 0.531. The summed E-state index contributed by atoms with van der Waals surface area (Å²) >= 11 is 0. The Bertz CT molecular complexity index is 3000. The highest BCUT2D eigenvalue weighted by molar-refractivity contribution is 5.98. The number of benzene rings is 3. The van der Waals surface area contributed by atoms with Crippen LogP contribution in [0.1, 0.15) is 118 Å². The van der Waals surface area contributed by atoms with E-state index in [0.29, 0.717) is 16.7 Å². The molecule has 0 aliphatic rings. The number of hydrogen-bond acceptors (Lipinski definition) is 17. The molecule has 0 saturated heterocycles. The predicted molar refractivity (Wildman–Crippen MR) is 345 cm³/mol. The first-order valence-corrected chi connectivity index (χ1v) is 30.9. The molecule has 518 valence electrons. The molecular weight excluding hydrogens is 1220 g/mol. The maximum Gasteiger partial charge on any atom is 0.408 e. The minimum Gasteiger partial charge on any atom is -0.480 e. The van der Waals surface area contributed by atoms with E-state index in [1.165, 1.54) is 6.92 Å². The number of carbonyl (C=O) groups excluding carboxylic acids is 10. The predicted octanol–water partition coefficient (Wildman–Crippen LogP) is -0.0797. The number of carboxylic acid groups (broad SMARTS) is 1. The quantitative estimate of drug-likeness (QED) is 0.0204. The summed E-state index contributed by atoms with van der Waals surface area (Å²) in [6, 6.07) is 10.7. The van der Waals surface area contributed by atoms with Gasteiger partial charge in [0.05, 0.1) is 31.4 Å². The van der Waals surface area contributed by atoms with Gasteiger partial charge in [-0.05, 0) is 81.4 Å². The Balaban J connectivity index is 1.96. The van der Waals surface area contributed by atoms with Crippen LogP contribution in [0.2, 0.25) is 0 Å². The number of hydrogen-bond donors (Lipinski definition) is 16. The molecule has 3 aromatic carbocycles. The molecule has 0 aliphatic heterocycles. The fourth-order valence-electron chi connectivity index (χ4n) is 9.23. The van der Waals surface area contributed by atoms with Crippen LogP contribution in [0.5, 0.6) is 0 Å². The Labute approximate surface area is 547 Å². The van der Waals surface area contributed by atoms with Gasteiger partial charge in [-0.15, -0.1) is 0 Å². The van der Waals surface area contributed by atoms with Crippen molar-refractivity contribution in [3.8, 4) is 0 Å². The molecule has 30 heteroatoms. The number of nitrogens with one attached hydrogen (secondary N) is 10. The maximum absolute atomic E-state index is 14.9. The zero-order valence-corrected chi connectivity index (χ0v) is 54.8. The minimum absolute atomic E-state index is 0.0318. The summed E-state index contributed by atoms with van der Waals surface area (Å²) in [7, 11) is 0. The summed E-state index contributed by atoms with van der Waals surface area (Å²) < 4.78 is 11.0. The standard InChI is InChI=1S/C64H95N13O17/c1-11-37(6)47(57(86)74-48(38(7)79)56(85)68-32-46(80)69-44(31-39-22-15-12-16-23-39)55(84)72-45(33-78)60(89)90)73-53(82)42(28-21-29-67-61(65)66)70-54(83)43(30-35(2)3)71-59(88)51(52(81)36(4)5)75-58(87)50(77-62(91)93-34-40-24-17-13-18-25-40)49(41-26-19-14-20-27-41)76-63(92)94-64(8,9)10/h12-20,22-27,35-38,42-45,47-52,78-79,81H,11,21,28-34H2,1-10H3,(H,68,85)(H,69,80)(H,70,83)(H,71,88)(H,72,84)(H,73,82)(H,74,86)(H,75,87)(H,76,92)(H,77,91)(H,89,90)(H4,65,66,67)/t37-,38-,42+,43-,44-,45-,47-,48-,49+,50-,51-,52+/m0/s1. The Morgan fingerprint density at radius 3 is 1.61 bits per heavy atom. The largest absolute Gasteiger partial charge is 0.480 e. The number of alkyl carbamates (subject to hydrolysis) is 2. The average molecular weight is 1320 g/mol. The Morgan fingerprint density at radius 1 is 0.564 bits per heavy atom. The monoisotopic (exact) mass is 1320 g/mol. The molecule has 0 aliphatic carbocycles. The van der Waals surface area contributed by atoms with Gasteiger partial charge >= 0.3 is 18.2 Å². The molecule has 0 radical (unpaired) electrons. The second kappa shape index (κ2) is 39.2. The van der Waals surface area contributed by atoms with Crippen molar-refractivity contribution in [3.63, 3.8) is 0 Å². The Morgan fingerprint density at radius 2 is 1.07 bits per heavy atom. The molecule has 0 aromatic heterocycles. The number of guanidine groups is 1. The van der Waals surface area contributed by atoms with Crippen LogP contribution >= 0.6 is 0 Å². The third kappa shape index (κ3) is 27.8. The van der Waals surface area contributed by atoms with Gasteiger partial charge in [-0.25, -0.2) is 14.4 Å². The van der Waals surface area contributed by atoms with Crippen LogP contribution in [-0.2, 0) is 65.7 Å². The van der Waals surface area contributed by atoms with Crippen LogP contribution in [0.15, 0.2) is 96.0 Å². The van der Waals surface area contributed by atoms with Crippen LogP contribution in [0.25, 0.3) is 0 Å². The highest BCUT2D eigenvalue weighted by Gasteiger charge is 2.41. The van der Waals surface area contributed by atoms with Crippen molar-refractivity contribution >= 4 is 71.4 Å². The lowest BCUT2D eigenvalue weighted by molar-refractivity contribution is -0.143. The number of aliphatic imine (C=N–C) groups is 1. The molecule has 3 aromatic rings. The molecule has 0 fully saturated rings. The van der Waals surface area contributed by atoms with Crippen LogP contribution in [-0.4, -0.2) is 178 Å². The lowest BCUT2D eigenvalue weighted by atomic mass is 9.95. The molecule has 94 heavy (non-hydrogen) atoms. The maximum atomic E-state index is 14.9. The summed E-state index contributed by atoms with van der Waals surface area (Å²) in [5.41, 5.74) is 11.6. The van der Waals surface area contributed by atoms with Gasteiger partial charge in [0.1, 0.15) is 60.5 Å². The van der Waals surface area contributed by atoms with E-state index in [9.17, 15) is 73.2 Å². The smallest absolute Gasteiger partial charge is 0.408 e. The number of nitrogens with zero attached hydrogens (tertiary/aromatic N) is 1. The third-order valence-electron chi connectivity index (χ3n) is 14.5. The first kappa shape index (κ1) is 78.8. The molecule has 0 saturated carbocycles. The summed E-state index contributed by atoms with van der Waals surface area (Å²) in [4.78, 5) is 156. The van der Waals surface area contributed by atoms with E-state index in [1.54, 1.807) is 153 Å². The lowest BCUT2D eigenvalue weighted by Gasteiger charge is -2.33. The topological polar surface area (TPSA) is 472 Å². The second-order valence-electron chi connectivity index (χ2n) is 24.3. The minimum atomic E-state index is -1.86. The zero-order valence-electron chi connectivity index (χ0n) is 54.8. The summed E-state index contributed by atoms with van der Waals surface area (Å²) in [6.07, 6.45) is -5.45. The molecule has 0 heterocycles. The van der Waals surface area contributed by atoms with Gasteiger partial charge in [0.15, 0.2) is 5.96 Å². The van der Waals surface area contributed by atoms with E-state index < -0.39 is 163 Å². The highest BCUT2D eigenvalue weighted by atomic mass is 16.6. The number of aliphatic carboxylic acids is 1. The first-order chi connectivity index (χ1) is 44.2. The van der Waals surface area contributed by atoms with Gasteiger partial charge in [0.25, 0.3) is 0 Å². The summed E-state index contributed by atoms with van der Waals surface area (Å²) in [5.74, 6) is -11.6. The fourth-order valence-corrected chi connectivity index (χ4v) is 9.23. The summed E-state index contributed by atoms with van der Waals surface area (Å²) in [5, 5.41) is 66.4. The average Bonchev–Trinajstić information content (AvgIpc) is 0.880. The second-order valence-corrected chi connectivity index (χ2v) is 24.3. The molecule has 3 rings (SSSR count). The Hall–Kier alpha value is -9.42. The normalized spacial score (nSPS) is 15.1. The van der Waals surface area contributed by atoms with Crippen LogP contribution in [0, 0.1) is 17.8 Å². The number of carbonyl (C=O) groups is 11. The molecule has 12 atom stereocenters. The molecule has 10 amide bonds. The van der Waals surface area contributed by atoms with E-state index in [2.05, 4.69) is 58.2 Å². The number of carboxylic acids is 1. The molecular formula is C64H95N13O17. The molecule has 0 bridgehead atoms. The van der Waals surface area contributed by atoms with Gasteiger partial charge < -0.3 is 94.5 Å². The van der Waals surface area contributed by atoms with E-state index in [0.717, 1.165) is 0 Å². The molecule has 30 nitrogen and oxygen atoms in total. The third-order valence-corrected chi connectivity index (χ3v) is 14.5. The van der Waals surface area contributed by atoms with Crippen molar-refractivity contribution in [2.45, 2.75) is 180 Å². The van der Waals surface area contributed by atoms with Crippen LogP contribution in [0.3, 0.4) is 0 Å². The Kier molecular flexibility index (Phi) is 32.9. The number of ether oxygens (including phenoxy) is 2. The summed E-state index contributed by atoms with van der Waals surface area (Å²) in [6.45, 7) is 13.9. The van der Waals surface area contributed by atoms with Crippen molar-refractivity contribution in [2.24, 2.45) is 34.2 Å². The van der Waals surface area contributed by atoms with Crippen molar-refractivity contribution in [1.82, 2.24) is 53.2 Å². The lowest BCUT2D eigenvalue weighted by Crippen LogP contribution is -2.63. The number of rotatable bonds is 37. The van der Waals surface area contributed by atoms with Crippen molar-refractivity contribution in [1.29, 1.82) is 0 Å². The van der Waals surface area contributed by atoms with E-state index in [1.807, 2.05) is 0 Å². The number of aliphatic hydroxyl groups excluding tert-OH is 3. The van der Waals surface area contributed by atoms with Gasteiger partial charge in [0, 0.05) is 13.0 Å². The van der Waals surface area contributed by atoms with Gasteiger partial charge in [-0.2, -0.15) is 0 Å². The molecule has 18 N–H and O–H groups in total. The van der Waals surface area contributed by atoms with E-state index in [4.69, 9.17) is 20.9 Å². The van der Waals surface area contributed by atoms with Gasteiger partial charge in [0.2, 0.25) is 47.3 Å². The van der Waals surface area contributed by atoms with Gasteiger partial charge in [-0.3, -0.25) is 43.3 Å². The van der Waals surface area contributed by atoms with Crippen LogP contribution in [0.4, 0.5) is 9.59 Å². The number of nitrogens with two attached hydrogens (primary N) is 2.